The largest absolute Gasteiger partial charge is 0.422 e. The van der Waals surface area contributed by atoms with Crippen LogP contribution in [0, 0.1) is 6.92 Å². The van der Waals surface area contributed by atoms with Crippen LogP contribution in [0.4, 0.5) is 0 Å². The van der Waals surface area contributed by atoms with Crippen LogP contribution in [0.2, 0.25) is 0 Å². The van der Waals surface area contributed by atoms with Crippen molar-refractivity contribution >= 4 is 27.5 Å². The molecule has 0 atom stereocenters. The van der Waals surface area contributed by atoms with E-state index in [1.54, 1.807) is 0 Å². The van der Waals surface area contributed by atoms with E-state index in [9.17, 15) is 4.79 Å². The first-order chi connectivity index (χ1) is 13.3. The van der Waals surface area contributed by atoms with Gasteiger partial charge in [0, 0.05) is 5.39 Å². The Morgan fingerprint density at radius 1 is 1.04 bits per heavy atom. The Hall–Kier alpha value is -2.92. The van der Waals surface area contributed by atoms with Crippen LogP contribution in [0.1, 0.15) is 41.7 Å². The minimum absolute atomic E-state index is 0.0643. The van der Waals surface area contributed by atoms with E-state index in [1.165, 1.54) is 16.9 Å². The minimum Gasteiger partial charge on any atom is -0.422 e. The molecule has 5 heteroatoms. The molecule has 0 unspecified atom stereocenters. The fourth-order valence-corrected chi connectivity index (χ4v) is 4.13. The Balaban J connectivity index is 1.62. The number of benzene rings is 2. The van der Waals surface area contributed by atoms with Crippen molar-refractivity contribution in [1.82, 2.24) is 9.78 Å². The van der Waals surface area contributed by atoms with Gasteiger partial charge in [0.05, 0.1) is 11.4 Å². The van der Waals surface area contributed by atoms with Crippen molar-refractivity contribution in [3.8, 4) is 11.4 Å². The standard InChI is InChI=1S/C23H22N2O2S/c1-15-19-14-20(28-21(19)25(24-15)17-8-6-5-7-9-17)22(26)27-18-12-10-16(11-13-18)23(2,3)4/h5-14H,1-4H3. The smallest absolute Gasteiger partial charge is 0.353 e. The van der Waals surface area contributed by atoms with E-state index in [2.05, 4.69) is 25.9 Å². The van der Waals surface area contributed by atoms with Gasteiger partial charge < -0.3 is 4.74 Å². The molecule has 0 saturated heterocycles. The maximum atomic E-state index is 12.7. The summed E-state index contributed by atoms with van der Waals surface area (Å²) in [5.74, 6) is 0.209. The number of ether oxygens (including phenoxy) is 1. The van der Waals surface area contributed by atoms with Gasteiger partial charge in [-0.2, -0.15) is 5.10 Å². The molecule has 0 N–H and O–H groups in total. The molecule has 0 fully saturated rings. The lowest BCUT2D eigenvalue weighted by Gasteiger charge is -2.18. The predicted molar refractivity (Wildman–Crippen MR) is 114 cm³/mol. The molecule has 0 aliphatic heterocycles. The normalized spacial score (nSPS) is 11.7. The van der Waals surface area contributed by atoms with E-state index in [4.69, 9.17) is 4.74 Å². The molecule has 0 aliphatic carbocycles. The number of carbonyl (C=O) groups excluding carboxylic acids is 1. The zero-order chi connectivity index (χ0) is 19.9. The zero-order valence-electron chi connectivity index (χ0n) is 16.4. The molecule has 28 heavy (non-hydrogen) atoms. The summed E-state index contributed by atoms with van der Waals surface area (Å²) in [7, 11) is 0. The van der Waals surface area contributed by atoms with Crippen LogP contribution >= 0.6 is 11.3 Å². The number of carbonyl (C=O) groups is 1. The highest BCUT2D eigenvalue weighted by Gasteiger charge is 2.19. The lowest BCUT2D eigenvalue weighted by Crippen LogP contribution is -2.11. The first kappa shape index (κ1) is 18.4. The van der Waals surface area contributed by atoms with Gasteiger partial charge in [-0.25, -0.2) is 9.48 Å². The molecule has 0 saturated carbocycles. The first-order valence-corrected chi connectivity index (χ1v) is 10.0. The number of hydrogen-bond donors (Lipinski definition) is 0. The fourth-order valence-electron chi connectivity index (χ4n) is 3.07. The second kappa shape index (κ2) is 6.91. The molecule has 0 aliphatic rings. The molecule has 2 aromatic carbocycles. The van der Waals surface area contributed by atoms with Crippen LogP contribution < -0.4 is 4.74 Å². The highest BCUT2D eigenvalue weighted by atomic mass is 32.1. The van der Waals surface area contributed by atoms with Gasteiger partial charge in [0.1, 0.15) is 15.5 Å². The molecular weight excluding hydrogens is 368 g/mol. The third kappa shape index (κ3) is 3.45. The van der Waals surface area contributed by atoms with Crippen molar-refractivity contribution < 1.29 is 9.53 Å². The number of hydrogen-bond acceptors (Lipinski definition) is 4. The summed E-state index contributed by atoms with van der Waals surface area (Å²) in [4.78, 5) is 14.2. The predicted octanol–water partition coefficient (Wildman–Crippen LogP) is 5.91. The second-order valence-corrected chi connectivity index (χ2v) is 8.86. The molecule has 4 aromatic rings. The van der Waals surface area contributed by atoms with Crippen LogP contribution in [0.5, 0.6) is 5.75 Å². The molecule has 0 bridgehead atoms. The molecule has 0 radical (unpaired) electrons. The van der Waals surface area contributed by atoms with Gasteiger partial charge in [0.25, 0.3) is 0 Å². The summed E-state index contributed by atoms with van der Waals surface area (Å²) in [6.07, 6.45) is 0. The molecule has 0 spiro atoms. The van der Waals surface area contributed by atoms with Crippen LogP contribution in [0.3, 0.4) is 0 Å². The highest BCUT2D eigenvalue weighted by molar-refractivity contribution is 7.20. The lowest BCUT2D eigenvalue weighted by molar-refractivity contribution is 0.0740. The van der Waals surface area contributed by atoms with Crippen molar-refractivity contribution in [2.45, 2.75) is 33.1 Å². The average molecular weight is 391 g/mol. The number of fused-ring (bicyclic) bond motifs is 1. The zero-order valence-corrected chi connectivity index (χ0v) is 17.2. The lowest BCUT2D eigenvalue weighted by atomic mass is 9.87. The Bertz CT molecular complexity index is 1130. The van der Waals surface area contributed by atoms with E-state index in [0.717, 1.165) is 21.6 Å². The first-order valence-electron chi connectivity index (χ1n) is 9.20. The van der Waals surface area contributed by atoms with Crippen molar-refractivity contribution in [2.24, 2.45) is 0 Å². The number of rotatable bonds is 3. The second-order valence-electron chi connectivity index (χ2n) is 7.83. The van der Waals surface area contributed by atoms with Crippen LogP contribution in [-0.4, -0.2) is 15.7 Å². The van der Waals surface area contributed by atoms with Gasteiger partial charge in [-0.3, -0.25) is 0 Å². The molecular formula is C23H22N2O2S. The Labute approximate surface area is 168 Å². The van der Waals surface area contributed by atoms with E-state index in [0.29, 0.717) is 10.6 Å². The van der Waals surface area contributed by atoms with Crippen LogP contribution in [0.25, 0.3) is 15.9 Å². The quantitative estimate of drug-likeness (QED) is 0.322. The van der Waals surface area contributed by atoms with Crippen LogP contribution in [-0.2, 0) is 5.41 Å². The topological polar surface area (TPSA) is 44.1 Å². The number of nitrogens with zero attached hydrogens (tertiary/aromatic N) is 2. The summed E-state index contributed by atoms with van der Waals surface area (Å²) in [5.41, 5.74) is 3.13. The fraction of sp³-hybridized carbons (Fsp3) is 0.217. The minimum atomic E-state index is -0.344. The SMILES string of the molecule is Cc1nn(-c2ccccc2)c2sc(C(=O)Oc3ccc(C(C)(C)C)cc3)cc12. The van der Waals surface area contributed by atoms with E-state index < -0.39 is 0 Å². The van der Waals surface area contributed by atoms with Gasteiger partial charge in [0.15, 0.2) is 0 Å². The van der Waals surface area contributed by atoms with Gasteiger partial charge >= 0.3 is 5.97 Å². The maximum Gasteiger partial charge on any atom is 0.353 e. The summed E-state index contributed by atoms with van der Waals surface area (Å²) in [5, 5.41) is 5.59. The number of thiophene rings is 1. The van der Waals surface area contributed by atoms with E-state index >= 15 is 0 Å². The molecule has 0 amide bonds. The number of para-hydroxylation sites is 1. The molecule has 2 aromatic heterocycles. The van der Waals surface area contributed by atoms with Crippen molar-refractivity contribution in [1.29, 1.82) is 0 Å². The number of aromatic nitrogens is 2. The Kier molecular flexibility index (Phi) is 4.55. The van der Waals surface area contributed by atoms with E-state index in [-0.39, 0.29) is 11.4 Å². The molecule has 142 valence electrons. The van der Waals surface area contributed by atoms with Crippen LogP contribution in [0.15, 0.2) is 60.7 Å². The number of esters is 1. The van der Waals surface area contributed by atoms with E-state index in [1.807, 2.05) is 72.3 Å². The third-order valence-electron chi connectivity index (χ3n) is 4.68. The van der Waals surface area contributed by atoms with Gasteiger partial charge in [-0.05, 0) is 48.2 Å². The Morgan fingerprint density at radius 3 is 2.36 bits per heavy atom. The highest BCUT2D eigenvalue weighted by Crippen LogP contribution is 2.31. The van der Waals surface area contributed by atoms with Gasteiger partial charge in [-0.15, -0.1) is 11.3 Å². The molecule has 2 heterocycles. The average Bonchev–Trinajstić information content (AvgIpc) is 3.23. The maximum absolute atomic E-state index is 12.7. The van der Waals surface area contributed by atoms with Crippen molar-refractivity contribution in [3.05, 3.63) is 76.8 Å². The summed E-state index contributed by atoms with van der Waals surface area (Å²) >= 11 is 1.40. The summed E-state index contributed by atoms with van der Waals surface area (Å²) in [6, 6.07) is 19.5. The monoisotopic (exact) mass is 390 g/mol. The molecule has 4 rings (SSSR count). The van der Waals surface area contributed by atoms with Gasteiger partial charge in [0.2, 0.25) is 0 Å². The summed E-state index contributed by atoms with van der Waals surface area (Å²) < 4.78 is 7.47. The Morgan fingerprint density at radius 2 is 1.71 bits per heavy atom. The molecule has 4 nitrogen and oxygen atoms in total. The summed E-state index contributed by atoms with van der Waals surface area (Å²) in [6.45, 7) is 8.42. The van der Waals surface area contributed by atoms with Gasteiger partial charge in [-0.1, -0.05) is 51.1 Å². The number of aryl methyl sites for hydroxylation is 1. The van der Waals surface area contributed by atoms with Crippen molar-refractivity contribution in [2.75, 3.05) is 0 Å². The van der Waals surface area contributed by atoms with Crippen molar-refractivity contribution in [3.63, 3.8) is 0 Å². The third-order valence-corrected chi connectivity index (χ3v) is 5.77.